The average Bonchev–Trinajstić information content (AvgIpc) is 2.89. The van der Waals surface area contributed by atoms with Crippen LogP contribution in [-0.2, 0) is 4.79 Å². The number of nitrogens with one attached hydrogen (secondary N) is 1. The third kappa shape index (κ3) is 2.26. The quantitative estimate of drug-likeness (QED) is 0.828. The molecule has 0 aliphatic heterocycles. The Morgan fingerprint density at radius 3 is 2.44 bits per heavy atom. The largest absolute Gasteiger partial charge is 0.349 e. The van der Waals surface area contributed by atoms with E-state index in [2.05, 4.69) is 19.2 Å². The van der Waals surface area contributed by atoms with E-state index < -0.39 is 0 Å². The van der Waals surface area contributed by atoms with E-state index in [0.29, 0.717) is 0 Å². The molecule has 1 saturated carbocycles. The second kappa shape index (κ2) is 3.93. The van der Waals surface area contributed by atoms with Gasteiger partial charge in [-0.3, -0.25) is 4.79 Å². The summed E-state index contributed by atoms with van der Waals surface area (Å²) in [7, 11) is 0. The Balaban J connectivity index is 1.94. The van der Waals surface area contributed by atoms with Crippen LogP contribution < -0.4 is 5.32 Å². The lowest BCUT2D eigenvalue weighted by Crippen LogP contribution is -2.29. The van der Waals surface area contributed by atoms with Crippen LogP contribution in [0.25, 0.3) is 0 Å². The molecule has 2 heteroatoms. The van der Waals surface area contributed by atoms with Crippen LogP contribution in [0.4, 0.5) is 0 Å². The Labute approximate surface area is 97.1 Å². The lowest BCUT2D eigenvalue weighted by atomic mass is 10.1. The zero-order valence-electron chi connectivity index (χ0n) is 10.2. The number of carbonyl (C=O) groups is 1. The van der Waals surface area contributed by atoms with Crippen LogP contribution >= 0.6 is 0 Å². The molecule has 1 fully saturated rings. The Bertz CT molecular complexity index is 383. The molecule has 0 saturated heterocycles. The number of amides is 1. The molecule has 1 aliphatic carbocycles. The smallest absolute Gasteiger partial charge is 0.224 e. The van der Waals surface area contributed by atoms with E-state index in [4.69, 9.17) is 0 Å². The normalized spacial score (nSPS) is 23.6. The van der Waals surface area contributed by atoms with Crippen molar-refractivity contribution in [2.45, 2.75) is 33.2 Å². The summed E-state index contributed by atoms with van der Waals surface area (Å²) in [5.74, 6) is 0.403. The lowest BCUT2D eigenvalue weighted by Gasteiger charge is -2.14. The fraction of sp³-hybridized carbons (Fsp3) is 0.500. The summed E-state index contributed by atoms with van der Waals surface area (Å²) in [5, 5.41) is 3.07. The van der Waals surface area contributed by atoms with Gasteiger partial charge in [0.1, 0.15) is 0 Å². The number of hydrogen-bond donors (Lipinski definition) is 1. The van der Waals surface area contributed by atoms with Gasteiger partial charge in [0.05, 0.1) is 6.04 Å². The first-order valence-corrected chi connectivity index (χ1v) is 5.86. The molecule has 0 heterocycles. The van der Waals surface area contributed by atoms with Gasteiger partial charge < -0.3 is 5.32 Å². The van der Waals surface area contributed by atoms with Crippen molar-refractivity contribution in [2.24, 2.45) is 11.3 Å². The molecular weight excluding hydrogens is 198 g/mol. The van der Waals surface area contributed by atoms with Gasteiger partial charge in [-0.25, -0.2) is 0 Å². The van der Waals surface area contributed by atoms with Crippen molar-refractivity contribution in [2.75, 3.05) is 0 Å². The van der Waals surface area contributed by atoms with Gasteiger partial charge in [-0.2, -0.15) is 0 Å². The van der Waals surface area contributed by atoms with E-state index in [1.165, 1.54) is 0 Å². The molecule has 1 amide bonds. The van der Waals surface area contributed by atoms with Crippen molar-refractivity contribution in [1.29, 1.82) is 0 Å². The second-order valence-corrected chi connectivity index (χ2v) is 5.39. The van der Waals surface area contributed by atoms with E-state index in [-0.39, 0.29) is 23.3 Å². The van der Waals surface area contributed by atoms with Gasteiger partial charge in [-0.15, -0.1) is 0 Å². The Hall–Kier alpha value is -1.31. The molecule has 0 unspecified atom stereocenters. The van der Waals surface area contributed by atoms with Crippen LogP contribution in [-0.4, -0.2) is 5.91 Å². The van der Waals surface area contributed by atoms with Crippen LogP contribution in [0.5, 0.6) is 0 Å². The van der Waals surface area contributed by atoms with Crippen molar-refractivity contribution in [3.63, 3.8) is 0 Å². The number of carbonyl (C=O) groups excluding carboxylic acids is 1. The lowest BCUT2D eigenvalue weighted by molar-refractivity contribution is -0.123. The van der Waals surface area contributed by atoms with Crippen molar-refractivity contribution >= 4 is 5.91 Å². The summed E-state index contributed by atoms with van der Waals surface area (Å²) in [6.07, 6.45) is 1.01. The highest BCUT2D eigenvalue weighted by Crippen LogP contribution is 2.51. The molecule has 1 aromatic carbocycles. The fourth-order valence-corrected chi connectivity index (χ4v) is 2.05. The molecule has 2 rings (SSSR count). The van der Waals surface area contributed by atoms with Crippen LogP contribution in [0.2, 0.25) is 0 Å². The van der Waals surface area contributed by atoms with Gasteiger partial charge in [-0.05, 0) is 24.3 Å². The minimum atomic E-state index is 0.102. The van der Waals surface area contributed by atoms with E-state index in [0.717, 1.165) is 12.0 Å². The van der Waals surface area contributed by atoms with Crippen molar-refractivity contribution in [1.82, 2.24) is 5.32 Å². The number of hydrogen-bond acceptors (Lipinski definition) is 1. The minimum absolute atomic E-state index is 0.102. The third-order valence-electron chi connectivity index (χ3n) is 3.49. The first kappa shape index (κ1) is 11.2. The highest BCUT2D eigenvalue weighted by atomic mass is 16.2. The summed E-state index contributed by atoms with van der Waals surface area (Å²) in [6.45, 7) is 6.32. The van der Waals surface area contributed by atoms with E-state index in [1.807, 2.05) is 37.3 Å². The van der Waals surface area contributed by atoms with Crippen molar-refractivity contribution < 1.29 is 4.79 Å². The van der Waals surface area contributed by atoms with Gasteiger partial charge in [0, 0.05) is 5.92 Å². The fourth-order valence-electron chi connectivity index (χ4n) is 2.05. The van der Waals surface area contributed by atoms with Gasteiger partial charge in [0.2, 0.25) is 5.91 Å². The molecule has 2 atom stereocenters. The molecule has 0 spiro atoms. The van der Waals surface area contributed by atoms with Gasteiger partial charge in [0.15, 0.2) is 0 Å². The van der Waals surface area contributed by atoms with Crippen molar-refractivity contribution in [3.05, 3.63) is 35.9 Å². The molecule has 2 nitrogen and oxygen atoms in total. The maximum atomic E-state index is 11.9. The highest BCUT2D eigenvalue weighted by molar-refractivity contribution is 5.82. The Morgan fingerprint density at radius 2 is 1.94 bits per heavy atom. The zero-order valence-corrected chi connectivity index (χ0v) is 10.2. The molecule has 1 aromatic rings. The summed E-state index contributed by atoms with van der Waals surface area (Å²) in [6, 6.07) is 10.2. The van der Waals surface area contributed by atoms with E-state index in [1.54, 1.807) is 0 Å². The maximum absolute atomic E-state index is 11.9. The van der Waals surface area contributed by atoms with Gasteiger partial charge in [0.25, 0.3) is 0 Å². The van der Waals surface area contributed by atoms with Gasteiger partial charge >= 0.3 is 0 Å². The standard InChI is InChI=1S/C14H19NO/c1-10(11-7-5-4-6-8-11)15-13(16)12-9-14(12,2)3/h4-8,10,12H,9H2,1-3H3,(H,15,16)/t10-,12+/m0/s1. The topological polar surface area (TPSA) is 29.1 Å². The zero-order chi connectivity index (χ0) is 11.8. The van der Waals surface area contributed by atoms with Gasteiger partial charge in [-0.1, -0.05) is 44.2 Å². The summed E-state index contributed by atoms with van der Waals surface area (Å²) in [4.78, 5) is 11.9. The van der Waals surface area contributed by atoms with E-state index >= 15 is 0 Å². The van der Waals surface area contributed by atoms with Crippen LogP contribution in [0, 0.1) is 11.3 Å². The molecule has 16 heavy (non-hydrogen) atoms. The SMILES string of the molecule is C[C@H](NC(=O)[C@H]1CC1(C)C)c1ccccc1. The number of benzene rings is 1. The molecule has 1 N–H and O–H groups in total. The molecule has 0 aromatic heterocycles. The van der Waals surface area contributed by atoms with Crippen LogP contribution in [0.1, 0.15) is 38.8 Å². The second-order valence-electron chi connectivity index (χ2n) is 5.39. The molecule has 0 radical (unpaired) electrons. The Kier molecular flexibility index (Phi) is 2.75. The molecular formula is C14H19NO. The predicted octanol–water partition coefficient (Wildman–Crippen LogP) is 2.91. The first-order chi connectivity index (χ1) is 7.50. The third-order valence-corrected chi connectivity index (χ3v) is 3.49. The number of rotatable bonds is 3. The first-order valence-electron chi connectivity index (χ1n) is 5.86. The molecule has 0 bridgehead atoms. The summed E-state index contributed by atoms with van der Waals surface area (Å²) < 4.78 is 0. The van der Waals surface area contributed by atoms with Crippen LogP contribution in [0.3, 0.4) is 0 Å². The summed E-state index contributed by atoms with van der Waals surface area (Å²) >= 11 is 0. The predicted molar refractivity (Wildman–Crippen MR) is 64.9 cm³/mol. The van der Waals surface area contributed by atoms with Crippen molar-refractivity contribution in [3.8, 4) is 0 Å². The van der Waals surface area contributed by atoms with Crippen LogP contribution in [0.15, 0.2) is 30.3 Å². The molecule has 86 valence electrons. The molecule has 1 aliphatic rings. The monoisotopic (exact) mass is 217 g/mol. The summed E-state index contributed by atoms with van der Waals surface area (Å²) in [5.41, 5.74) is 1.37. The average molecular weight is 217 g/mol. The van der Waals surface area contributed by atoms with E-state index in [9.17, 15) is 4.79 Å². The Morgan fingerprint density at radius 1 is 1.38 bits per heavy atom. The maximum Gasteiger partial charge on any atom is 0.224 e. The minimum Gasteiger partial charge on any atom is -0.349 e. The highest BCUT2D eigenvalue weighted by Gasteiger charge is 2.50.